The third-order valence-corrected chi connectivity index (χ3v) is 4.94. The minimum atomic E-state index is -0.415. The zero-order valence-electron chi connectivity index (χ0n) is 15.2. The second-order valence-electron chi connectivity index (χ2n) is 6.74. The molecule has 0 spiro atoms. The van der Waals surface area contributed by atoms with Crippen molar-refractivity contribution in [2.24, 2.45) is 0 Å². The van der Waals surface area contributed by atoms with Gasteiger partial charge in [-0.05, 0) is 55.2 Å². The fourth-order valence-electron chi connectivity index (χ4n) is 3.33. The molecule has 1 heterocycles. The summed E-state index contributed by atoms with van der Waals surface area (Å²) in [4.78, 5) is 16.7. The van der Waals surface area contributed by atoms with Gasteiger partial charge in [0.15, 0.2) is 0 Å². The zero-order chi connectivity index (χ0) is 18.0. The molecule has 0 aliphatic carbocycles. The number of rotatable bonds is 3. The van der Waals surface area contributed by atoms with Crippen molar-refractivity contribution in [1.82, 2.24) is 4.90 Å². The van der Waals surface area contributed by atoms with Crippen LogP contribution in [0.2, 0.25) is 0 Å². The highest BCUT2D eigenvalue weighted by atomic mass is 19.1. The number of hydrogen-bond donors (Lipinski definition) is 0. The van der Waals surface area contributed by atoms with E-state index in [0.717, 1.165) is 25.1 Å². The summed E-state index contributed by atoms with van der Waals surface area (Å²) in [5, 5.41) is 0. The Morgan fingerprint density at radius 2 is 1.76 bits per heavy atom. The largest absolute Gasteiger partial charge is 0.368 e. The topological polar surface area (TPSA) is 23.6 Å². The van der Waals surface area contributed by atoms with Crippen LogP contribution in [0, 0.1) is 19.7 Å². The van der Waals surface area contributed by atoms with E-state index >= 15 is 0 Å². The number of nitrogens with zero attached hydrogens (tertiary/aromatic N) is 2. The smallest absolute Gasteiger partial charge is 0.256 e. The van der Waals surface area contributed by atoms with Crippen LogP contribution in [0.5, 0.6) is 0 Å². The number of carbonyl (C=O) groups is 1. The maximum absolute atomic E-state index is 14.2. The van der Waals surface area contributed by atoms with Gasteiger partial charge in [0.2, 0.25) is 0 Å². The minimum absolute atomic E-state index is 0.178. The average Bonchev–Trinajstić information content (AvgIpc) is 2.63. The first kappa shape index (κ1) is 17.5. The molecule has 1 amide bonds. The first-order valence-corrected chi connectivity index (χ1v) is 8.89. The number of halogens is 1. The van der Waals surface area contributed by atoms with E-state index in [2.05, 4.69) is 36.9 Å². The van der Waals surface area contributed by atoms with Gasteiger partial charge in [0, 0.05) is 31.9 Å². The summed E-state index contributed by atoms with van der Waals surface area (Å²) >= 11 is 0. The van der Waals surface area contributed by atoms with Crippen molar-refractivity contribution in [1.29, 1.82) is 0 Å². The number of anilines is 1. The normalized spacial score (nSPS) is 14.7. The quantitative estimate of drug-likeness (QED) is 0.844. The first-order valence-electron chi connectivity index (χ1n) is 8.89. The van der Waals surface area contributed by atoms with Gasteiger partial charge in [0.05, 0.1) is 5.56 Å². The predicted molar refractivity (Wildman–Crippen MR) is 99.8 cm³/mol. The Hall–Kier alpha value is -2.36. The maximum atomic E-state index is 14.2. The molecule has 0 bridgehead atoms. The molecular weight excluding hydrogens is 315 g/mol. The Balaban J connectivity index is 1.70. The van der Waals surface area contributed by atoms with E-state index in [1.807, 2.05) is 13.0 Å². The van der Waals surface area contributed by atoms with Crippen LogP contribution in [-0.4, -0.2) is 37.0 Å². The van der Waals surface area contributed by atoms with Crippen molar-refractivity contribution in [3.63, 3.8) is 0 Å². The van der Waals surface area contributed by atoms with Gasteiger partial charge in [0.25, 0.3) is 5.91 Å². The summed E-state index contributed by atoms with van der Waals surface area (Å²) in [7, 11) is 0. The van der Waals surface area contributed by atoms with Gasteiger partial charge in [-0.3, -0.25) is 4.79 Å². The van der Waals surface area contributed by atoms with Crippen LogP contribution >= 0.6 is 0 Å². The van der Waals surface area contributed by atoms with E-state index in [-0.39, 0.29) is 11.5 Å². The van der Waals surface area contributed by atoms with E-state index in [0.29, 0.717) is 13.1 Å². The Morgan fingerprint density at radius 3 is 2.40 bits per heavy atom. The summed E-state index contributed by atoms with van der Waals surface area (Å²) < 4.78 is 14.2. The zero-order valence-corrected chi connectivity index (χ0v) is 15.2. The maximum Gasteiger partial charge on any atom is 0.256 e. The second-order valence-corrected chi connectivity index (χ2v) is 6.74. The Labute approximate surface area is 149 Å². The molecule has 0 atom stereocenters. The lowest BCUT2D eigenvalue weighted by Gasteiger charge is -2.37. The SMILES string of the molecule is CCc1ccc(C(=O)N2CCN(c3cc(C)ccc3C)CC2)c(F)c1. The Bertz CT molecular complexity index is 779. The summed E-state index contributed by atoms with van der Waals surface area (Å²) in [6.07, 6.45) is 0.764. The average molecular weight is 340 g/mol. The van der Waals surface area contributed by atoms with Crippen LogP contribution < -0.4 is 4.90 Å². The highest BCUT2D eigenvalue weighted by molar-refractivity contribution is 5.94. The third kappa shape index (κ3) is 3.68. The number of amides is 1. The van der Waals surface area contributed by atoms with Crippen LogP contribution in [0.15, 0.2) is 36.4 Å². The Kier molecular flexibility index (Phi) is 5.07. The minimum Gasteiger partial charge on any atom is -0.368 e. The fraction of sp³-hybridized carbons (Fsp3) is 0.381. The molecule has 1 aliphatic rings. The van der Waals surface area contributed by atoms with Crippen molar-refractivity contribution in [2.75, 3.05) is 31.1 Å². The summed E-state index contributed by atoms with van der Waals surface area (Å²) in [5.74, 6) is -0.623. The van der Waals surface area contributed by atoms with Crippen molar-refractivity contribution in [2.45, 2.75) is 27.2 Å². The van der Waals surface area contributed by atoms with Gasteiger partial charge in [-0.25, -0.2) is 4.39 Å². The van der Waals surface area contributed by atoms with Gasteiger partial charge in [0.1, 0.15) is 5.82 Å². The molecule has 4 heteroatoms. The number of aryl methyl sites for hydroxylation is 3. The molecule has 3 rings (SSSR count). The van der Waals surface area contributed by atoms with E-state index < -0.39 is 5.82 Å². The van der Waals surface area contributed by atoms with E-state index in [9.17, 15) is 9.18 Å². The molecule has 2 aromatic carbocycles. The van der Waals surface area contributed by atoms with Gasteiger partial charge in [-0.2, -0.15) is 0 Å². The predicted octanol–water partition coefficient (Wildman–Crippen LogP) is 3.97. The Morgan fingerprint density at radius 1 is 1.04 bits per heavy atom. The number of hydrogen-bond acceptors (Lipinski definition) is 2. The van der Waals surface area contributed by atoms with E-state index in [1.54, 1.807) is 11.0 Å². The molecule has 1 saturated heterocycles. The van der Waals surface area contributed by atoms with Crippen LogP contribution in [-0.2, 0) is 6.42 Å². The number of benzene rings is 2. The highest BCUT2D eigenvalue weighted by Gasteiger charge is 2.24. The van der Waals surface area contributed by atoms with E-state index in [4.69, 9.17) is 0 Å². The van der Waals surface area contributed by atoms with Crippen molar-refractivity contribution < 1.29 is 9.18 Å². The number of piperazine rings is 1. The molecule has 0 N–H and O–H groups in total. The van der Waals surface area contributed by atoms with Crippen LogP contribution in [0.4, 0.5) is 10.1 Å². The van der Waals surface area contributed by atoms with Gasteiger partial charge < -0.3 is 9.80 Å². The van der Waals surface area contributed by atoms with Gasteiger partial charge in [-0.1, -0.05) is 25.1 Å². The van der Waals surface area contributed by atoms with Crippen molar-refractivity contribution in [3.8, 4) is 0 Å². The van der Waals surface area contributed by atoms with Crippen LogP contribution in [0.3, 0.4) is 0 Å². The van der Waals surface area contributed by atoms with Gasteiger partial charge in [-0.15, -0.1) is 0 Å². The molecule has 0 aromatic heterocycles. The summed E-state index contributed by atoms with van der Waals surface area (Å²) in [6.45, 7) is 8.93. The van der Waals surface area contributed by atoms with E-state index in [1.165, 1.54) is 22.9 Å². The lowest BCUT2D eigenvalue weighted by Crippen LogP contribution is -2.49. The highest BCUT2D eigenvalue weighted by Crippen LogP contribution is 2.23. The standard InChI is InChI=1S/C21H25FN2O/c1-4-17-7-8-18(19(22)14-17)21(25)24-11-9-23(10-12-24)20-13-15(2)5-6-16(20)3/h5-8,13-14H,4,9-12H2,1-3H3. The second kappa shape index (κ2) is 7.26. The molecule has 2 aromatic rings. The molecule has 0 unspecified atom stereocenters. The van der Waals surface area contributed by atoms with Crippen LogP contribution in [0.25, 0.3) is 0 Å². The third-order valence-electron chi connectivity index (χ3n) is 4.94. The fourth-order valence-corrected chi connectivity index (χ4v) is 3.33. The van der Waals surface area contributed by atoms with Gasteiger partial charge >= 0.3 is 0 Å². The summed E-state index contributed by atoms with van der Waals surface area (Å²) in [5.41, 5.74) is 4.79. The molecule has 1 fully saturated rings. The van der Waals surface area contributed by atoms with Crippen LogP contribution in [0.1, 0.15) is 34.0 Å². The van der Waals surface area contributed by atoms with Crippen molar-refractivity contribution in [3.05, 3.63) is 64.5 Å². The number of carbonyl (C=O) groups excluding carboxylic acids is 1. The monoisotopic (exact) mass is 340 g/mol. The molecular formula is C21H25FN2O. The summed E-state index contributed by atoms with van der Waals surface area (Å²) in [6, 6.07) is 11.4. The lowest BCUT2D eigenvalue weighted by molar-refractivity contribution is 0.0742. The molecule has 1 aliphatic heterocycles. The lowest BCUT2D eigenvalue weighted by atomic mass is 10.1. The molecule has 25 heavy (non-hydrogen) atoms. The van der Waals surface area contributed by atoms with Crippen molar-refractivity contribution >= 4 is 11.6 Å². The molecule has 3 nitrogen and oxygen atoms in total. The molecule has 0 saturated carbocycles. The first-order chi connectivity index (χ1) is 12.0. The molecule has 0 radical (unpaired) electrons. The molecule has 132 valence electrons.